The lowest BCUT2D eigenvalue weighted by atomic mass is 9.82. The fraction of sp³-hybridized carbons (Fsp3) is 0.364. The van der Waals surface area contributed by atoms with E-state index in [1.54, 1.807) is 25.2 Å². The summed E-state index contributed by atoms with van der Waals surface area (Å²) in [7, 11) is 1.55. The van der Waals surface area contributed by atoms with Crippen LogP contribution in [-0.4, -0.2) is 35.4 Å². The lowest BCUT2D eigenvalue weighted by Crippen LogP contribution is -2.29. The van der Waals surface area contributed by atoms with Gasteiger partial charge in [0.2, 0.25) is 5.95 Å². The first-order chi connectivity index (χ1) is 20.8. The first kappa shape index (κ1) is 30.0. The Kier molecular flexibility index (Phi) is 9.54. The molecule has 2 aromatic carbocycles. The van der Waals surface area contributed by atoms with E-state index < -0.39 is 11.9 Å². The average Bonchev–Trinajstić information content (AvgIpc) is 3.36. The highest BCUT2D eigenvalue weighted by atomic mass is 19.3. The molecular weight excluding hydrogens is 556 g/mol. The van der Waals surface area contributed by atoms with Crippen molar-refractivity contribution in [3.8, 4) is 5.75 Å². The Morgan fingerprint density at radius 2 is 1.86 bits per heavy atom. The van der Waals surface area contributed by atoms with Crippen LogP contribution in [0.5, 0.6) is 5.75 Å². The third kappa shape index (κ3) is 7.31. The van der Waals surface area contributed by atoms with Crippen molar-refractivity contribution < 1.29 is 32.6 Å². The molecule has 0 spiro atoms. The number of amides is 1. The quantitative estimate of drug-likeness (QED) is 0.181. The molecule has 5 rings (SSSR count). The maximum atomic E-state index is 13.5. The molecule has 8 nitrogen and oxygen atoms in total. The van der Waals surface area contributed by atoms with Crippen molar-refractivity contribution in [3.63, 3.8) is 0 Å². The second-order valence-electron chi connectivity index (χ2n) is 11.0. The van der Waals surface area contributed by atoms with Crippen LogP contribution in [0.15, 0.2) is 65.2 Å². The summed E-state index contributed by atoms with van der Waals surface area (Å²) in [4.78, 5) is 32.0. The molecule has 1 aliphatic rings. The number of nitrogens with zero attached hydrogens (tertiary/aromatic N) is 2. The number of ether oxygens (including phenoxy) is 1. The Morgan fingerprint density at radius 1 is 1.09 bits per heavy atom. The smallest absolute Gasteiger partial charge is 0.350 e. The van der Waals surface area contributed by atoms with E-state index in [1.165, 1.54) is 23.6 Å². The van der Waals surface area contributed by atoms with Crippen molar-refractivity contribution in [3.05, 3.63) is 89.2 Å². The van der Waals surface area contributed by atoms with Gasteiger partial charge in [-0.25, -0.2) is 9.78 Å². The summed E-state index contributed by atoms with van der Waals surface area (Å²) < 4.78 is 37.9. The Bertz CT molecular complexity index is 1570. The minimum atomic E-state index is -1.01. The first-order valence-corrected chi connectivity index (χ1v) is 14.5. The summed E-state index contributed by atoms with van der Waals surface area (Å²) in [5.41, 5.74) is 3.79. The highest BCUT2D eigenvalue weighted by Crippen LogP contribution is 2.41. The van der Waals surface area contributed by atoms with Gasteiger partial charge in [0.15, 0.2) is 0 Å². The number of pyridine rings is 1. The van der Waals surface area contributed by atoms with E-state index in [1.807, 2.05) is 30.3 Å². The van der Waals surface area contributed by atoms with Crippen LogP contribution in [0, 0.1) is 18.8 Å². The zero-order valence-corrected chi connectivity index (χ0v) is 24.3. The van der Waals surface area contributed by atoms with Crippen LogP contribution < -0.4 is 10.1 Å². The van der Waals surface area contributed by atoms with E-state index in [2.05, 4.69) is 22.2 Å². The summed E-state index contributed by atoms with van der Waals surface area (Å²) in [5, 5.41) is 4.64. The second kappa shape index (κ2) is 13.7. The third-order valence-electron chi connectivity index (χ3n) is 8.08. The lowest BCUT2D eigenvalue weighted by molar-refractivity contribution is -0.183. The van der Waals surface area contributed by atoms with E-state index in [0.29, 0.717) is 22.8 Å². The van der Waals surface area contributed by atoms with Crippen LogP contribution in [0.1, 0.15) is 71.8 Å². The Labute approximate surface area is 248 Å². The molecule has 10 heteroatoms. The number of aromatic nitrogens is 1. The number of hydrogen-bond acceptors (Lipinski definition) is 7. The van der Waals surface area contributed by atoms with Gasteiger partial charge in [-0.2, -0.15) is 4.39 Å². The minimum Gasteiger partial charge on any atom is -0.489 e. The van der Waals surface area contributed by atoms with Gasteiger partial charge in [0.25, 0.3) is 5.91 Å². The van der Waals surface area contributed by atoms with E-state index in [9.17, 15) is 18.5 Å². The molecule has 2 heterocycles. The molecule has 0 radical (unpaired) electrons. The summed E-state index contributed by atoms with van der Waals surface area (Å²) in [6, 6.07) is 15.9. The molecule has 1 aliphatic carbocycles. The summed E-state index contributed by atoms with van der Waals surface area (Å²) in [5.74, 6) is 0.0682. The van der Waals surface area contributed by atoms with Crippen LogP contribution >= 0.6 is 0 Å². The van der Waals surface area contributed by atoms with E-state index in [4.69, 9.17) is 9.15 Å². The predicted molar refractivity (Wildman–Crippen MR) is 158 cm³/mol. The number of anilines is 1. The molecule has 43 heavy (non-hydrogen) atoms. The number of rotatable bonds is 11. The fourth-order valence-electron chi connectivity index (χ4n) is 5.68. The molecule has 1 amide bonds. The van der Waals surface area contributed by atoms with Gasteiger partial charge in [0.05, 0.1) is 12.5 Å². The Morgan fingerprint density at radius 3 is 2.58 bits per heavy atom. The summed E-state index contributed by atoms with van der Waals surface area (Å²) in [6.07, 6.45) is 6.88. The number of hydrogen-bond donors (Lipinski definition) is 1. The standard InChI is InChI=1S/C33H35F2N3O5/c1-21-27-19-26(41-20-22-14-16-36-29(34)18-22)12-13-28(27)42-32(21)31(23-6-4-3-5-7-23)37-25-10-8-24(9-11-25)33(40)38(2)17-15-30(39)43-35/h8-14,16,18-19,23,31,37H,3-7,15,17,20H2,1-2H3. The van der Waals surface area contributed by atoms with Gasteiger partial charge in [-0.3, -0.25) is 9.74 Å². The van der Waals surface area contributed by atoms with Gasteiger partial charge in [0.1, 0.15) is 23.7 Å². The molecule has 1 fully saturated rings. The lowest BCUT2D eigenvalue weighted by Gasteiger charge is -2.31. The largest absolute Gasteiger partial charge is 0.489 e. The maximum absolute atomic E-state index is 13.5. The maximum Gasteiger partial charge on any atom is 0.350 e. The number of carbonyl (C=O) groups excluding carboxylic acids is 2. The summed E-state index contributed by atoms with van der Waals surface area (Å²) >= 11 is 0. The SMILES string of the molecule is Cc1c(C(Nc2ccc(C(=O)N(C)CCC(=O)OF)cc2)C2CCCCC2)oc2ccc(OCc3ccnc(F)c3)cc12. The van der Waals surface area contributed by atoms with Gasteiger partial charge in [0, 0.05) is 46.5 Å². The molecule has 1 atom stereocenters. The molecule has 0 aliphatic heterocycles. The zero-order valence-electron chi connectivity index (χ0n) is 24.3. The molecule has 1 unspecified atom stereocenters. The predicted octanol–water partition coefficient (Wildman–Crippen LogP) is 7.48. The molecule has 0 bridgehead atoms. The molecule has 1 N–H and O–H groups in total. The number of benzene rings is 2. The van der Waals surface area contributed by atoms with Crippen LogP contribution in [0.25, 0.3) is 11.0 Å². The van der Waals surface area contributed by atoms with Crippen LogP contribution in [-0.2, 0) is 16.3 Å². The van der Waals surface area contributed by atoms with E-state index in [-0.39, 0.29) is 31.5 Å². The van der Waals surface area contributed by atoms with E-state index in [0.717, 1.165) is 53.7 Å². The van der Waals surface area contributed by atoms with Crippen LogP contribution in [0.4, 0.5) is 14.6 Å². The van der Waals surface area contributed by atoms with Gasteiger partial charge >= 0.3 is 5.97 Å². The molecule has 2 aromatic heterocycles. The molecule has 4 aromatic rings. The van der Waals surface area contributed by atoms with Crippen molar-refractivity contribution in [1.82, 2.24) is 9.88 Å². The zero-order chi connectivity index (χ0) is 30.3. The molecular formula is C33H35F2N3O5. The van der Waals surface area contributed by atoms with Gasteiger partial charge in [-0.05, 0) is 85.8 Å². The normalized spacial score (nSPS) is 14.3. The van der Waals surface area contributed by atoms with Crippen molar-refractivity contribution in [2.24, 2.45) is 5.92 Å². The van der Waals surface area contributed by atoms with Crippen molar-refractivity contribution in [2.45, 2.75) is 58.1 Å². The third-order valence-corrected chi connectivity index (χ3v) is 8.08. The highest BCUT2D eigenvalue weighted by molar-refractivity contribution is 5.94. The molecule has 0 saturated heterocycles. The number of carbonyl (C=O) groups is 2. The minimum absolute atomic E-state index is 0.0473. The summed E-state index contributed by atoms with van der Waals surface area (Å²) in [6.45, 7) is 2.32. The van der Waals surface area contributed by atoms with Gasteiger partial charge in [-0.1, -0.05) is 19.3 Å². The van der Waals surface area contributed by atoms with Crippen molar-refractivity contribution >= 4 is 28.5 Å². The monoisotopic (exact) mass is 591 g/mol. The Hall–Kier alpha value is -4.47. The second-order valence-corrected chi connectivity index (χ2v) is 11.0. The first-order valence-electron chi connectivity index (χ1n) is 14.5. The van der Waals surface area contributed by atoms with Crippen molar-refractivity contribution in [2.75, 3.05) is 18.9 Å². The molecule has 1 saturated carbocycles. The molecule has 226 valence electrons. The number of aryl methyl sites for hydroxylation is 1. The van der Waals surface area contributed by atoms with Crippen LogP contribution in [0.2, 0.25) is 0 Å². The fourth-order valence-corrected chi connectivity index (χ4v) is 5.68. The number of furan rings is 1. The van der Waals surface area contributed by atoms with Gasteiger partial charge < -0.3 is 19.4 Å². The Balaban J connectivity index is 1.34. The number of fused-ring (bicyclic) bond motifs is 1. The number of nitrogens with one attached hydrogen (secondary N) is 1. The van der Waals surface area contributed by atoms with Crippen molar-refractivity contribution in [1.29, 1.82) is 0 Å². The van der Waals surface area contributed by atoms with Crippen LogP contribution in [0.3, 0.4) is 0 Å². The average molecular weight is 592 g/mol. The number of halogens is 2. The topological polar surface area (TPSA) is 93.9 Å². The van der Waals surface area contributed by atoms with E-state index >= 15 is 0 Å². The van der Waals surface area contributed by atoms with Gasteiger partial charge in [-0.15, -0.1) is 0 Å². The highest BCUT2D eigenvalue weighted by Gasteiger charge is 2.30.